The average molecular weight is 249 g/mol. The summed E-state index contributed by atoms with van der Waals surface area (Å²) >= 11 is 1.54. The zero-order chi connectivity index (χ0) is 12.0. The third-order valence-electron chi connectivity index (χ3n) is 3.22. The normalized spacial score (nSPS) is 19.2. The molecule has 5 nitrogen and oxygen atoms in total. The van der Waals surface area contributed by atoms with Crippen LogP contribution in [0.3, 0.4) is 0 Å². The first-order valence-corrected chi connectivity index (χ1v) is 6.22. The number of carboxylic acid groups (broad SMARTS) is 1. The fourth-order valence-corrected chi connectivity index (χ4v) is 3.62. The molecule has 0 bridgehead atoms. The van der Waals surface area contributed by atoms with Crippen molar-refractivity contribution < 1.29 is 9.90 Å². The molecule has 0 unspecified atom stereocenters. The molecule has 0 fully saturated rings. The number of aliphatic carboxylic acids is 1. The van der Waals surface area contributed by atoms with Crippen molar-refractivity contribution in [2.45, 2.75) is 19.3 Å². The van der Waals surface area contributed by atoms with Gasteiger partial charge in [-0.25, -0.2) is 9.97 Å². The minimum absolute atomic E-state index is 0.273. The van der Waals surface area contributed by atoms with E-state index in [0.29, 0.717) is 18.7 Å². The molecule has 88 valence electrons. The predicted octanol–water partition coefficient (Wildman–Crippen LogP) is 1.46. The molecule has 1 aliphatic rings. The van der Waals surface area contributed by atoms with Crippen molar-refractivity contribution in [2.75, 3.05) is 5.73 Å². The summed E-state index contributed by atoms with van der Waals surface area (Å²) in [7, 11) is 0. The first-order valence-electron chi connectivity index (χ1n) is 5.40. The van der Waals surface area contributed by atoms with Crippen molar-refractivity contribution in [3.8, 4) is 0 Å². The van der Waals surface area contributed by atoms with Crippen LogP contribution in [-0.2, 0) is 17.6 Å². The molecule has 2 aromatic heterocycles. The van der Waals surface area contributed by atoms with E-state index in [2.05, 4.69) is 9.97 Å². The highest BCUT2D eigenvalue weighted by Gasteiger charge is 2.28. The first-order chi connectivity index (χ1) is 8.16. The lowest BCUT2D eigenvalue weighted by Crippen LogP contribution is -2.21. The van der Waals surface area contributed by atoms with E-state index in [1.54, 1.807) is 11.3 Å². The number of thiophene rings is 1. The number of hydrogen-bond acceptors (Lipinski definition) is 5. The van der Waals surface area contributed by atoms with Crippen molar-refractivity contribution in [1.82, 2.24) is 9.97 Å². The van der Waals surface area contributed by atoms with Gasteiger partial charge in [-0.05, 0) is 24.8 Å². The highest BCUT2D eigenvalue weighted by Crippen LogP contribution is 2.38. The molecule has 0 aliphatic heterocycles. The fourth-order valence-electron chi connectivity index (χ4n) is 2.35. The van der Waals surface area contributed by atoms with Gasteiger partial charge in [0.2, 0.25) is 0 Å². The lowest BCUT2D eigenvalue weighted by molar-refractivity contribution is -0.142. The second-order valence-corrected chi connectivity index (χ2v) is 5.30. The van der Waals surface area contributed by atoms with Crippen molar-refractivity contribution in [3.63, 3.8) is 0 Å². The molecule has 3 rings (SSSR count). The third kappa shape index (κ3) is 1.56. The van der Waals surface area contributed by atoms with Gasteiger partial charge < -0.3 is 10.8 Å². The van der Waals surface area contributed by atoms with Gasteiger partial charge in [-0.2, -0.15) is 0 Å². The van der Waals surface area contributed by atoms with Crippen molar-refractivity contribution in [2.24, 2.45) is 5.92 Å². The Hall–Kier alpha value is -1.69. The van der Waals surface area contributed by atoms with Crippen LogP contribution in [-0.4, -0.2) is 21.0 Å². The van der Waals surface area contributed by atoms with Crippen LogP contribution in [0.4, 0.5) is 5.82 Å². The van der Waals surface area contributed by atoms with Gasteiger partial charge in [0, 0.05) is 4.88 Å². The smallest absolute Gasteiger partial charge is 0.306 e. The molecule has 1 atom stereocenters. The number of carbonyl (C=O) groups is 1. The third-order valence-corrected chi connectivity index (χ3v) is 4.39. The molecule has 0 saturated heterocycles. The van der Waals surface area contributed by atoms with Crippen molar-refractivity contribution in [3.05, 3.63) is 16.8 Å². The summed E-state index contributed by atoms with van der Waals surface area (Å²) in [5.41, 5.74) is 7.01. The van der Waals surface area contributed by atoms with Gasteiger partial charge in [0.15, 0.2) is 0 Å². The number of hydrogen-bond donors (Lipinski definition) is 2. The Labute approximate surface area is 101 Å². The number of fused-ring (bicyclic) bond motifs is 3. The van der Waals surface area contributed by atoms with Gasteiger partial charge >= 0.3 is 5.97 Å². The molecule has 6 heteroatoms. The second-order valence-electron chi connectivity index (χ2n) is 4.22. The van der Waals surface area contributed by atoms with Crippen LogP contribution in [0.25, 0.3) is 10.2 Å². The average Bonchev–Trinajstić information content (AvgIpc) is 2.67. The molecule has 0 saturated carbocycles. The van der Waals surface area contributed by atoms with Crippen molar-refractivity contribution in [1.29, 1.82) is 0 Å². The molecule has 3 N–H and O–H groups in total. The lowest BCUT2D eigenvalue weighted by atomic mass is 9.88. The fraction of sp³-hybridized carbons (Fsp3) is 0.364. The number of nitrogens with two attached hydrogens (primary N) is 1. The summed E-state index contributed by atoms with van der Waals surface area (Å²) in [6.07, 6.45) is 3.46. The largest absolute Gasteiger partial charge is 0.481 e. The van der Waals surface area contributed by atoms with E-state index < -0.39 is 5.97 Å². The minimum atomic E-state index is -0.716. The van der Waals surface area contributed by atoms with Gasteiger partial charge in [0.05, 0.1) is 11.3 Å². The van der Waals surface area contributed by atoms with E-state index >= 15 is 0 Å². The minimum Gasteiger partial charge on any atom is -0.481 e. The molecule has 2 heterocycles. The van der Waals surface area contributed by atoms with Gasteiger partial charge in [-0.3, -0.25) is 4.79 Å². The Morgan fingerprint density at radius 1 is 1.53 bits per heavy atom. The maximum absolute atomic E-state index is 11.0. The van der Waals surface area contributed by atoms with Gasteiger partial charge in [-0.1, -0.05) is 0 Å². The summed E-state index contributed by atoms with van der Waals surface area (Å²) in [6, 6.07) is 0. The number of aryl methyl sites for hydroxylation is 1. The summed E-state index contributed by atoms with van der Waals surface area (Å²) in [4.78, 5) is 21.2. The lowest BCUT2D eigenvalue weighted by Gasteiger charge is -2.18. The maximum Gasteiger partial charge on any atom is 0.306 e. The van der Waals surface area contributed by atoms with Crippen LogP contribution >= 0.6 is 11.3 Å². The van der Waals surface area contributed by atoms with E-state index in [-0.39, 0.29) is 5.92 Å². The predicted molar refractivity (Wildman–Crippen MR) is 65.0 cm³/mol. The molecule has 0 spiro atoms. The highest BCUT2D eigenvalue weighted by atomic mass is 32.1. The van der Waals surface area contributed by atoms with Crippen LogP contribution in [0, 0.1) is 5.92 Å². The zero-order valence-corrected chi connectivity index (χ0v) is 9.83. The second kappa shape index (κ2) is 3.66. The van der Waals surface area contributed by atoms with E-state index in [9.17, 15) is 4.79 Å². The Balaban J connectivity index is 2.14. The number of anilines is 1. The molecular weight excluding hydrogens is 238 g/mol. The molecular formula is C11H11N3O2S. The van der Waals surface area contributed by atoms with E-state index in [0.717, 1.165) is 27.1 Å². The Morgan fingerprint density at radius 2 is 2.35 bits per heavy atom. The van der Waals surface area contributed by atoms with Crippen LogP contribution in [0.5, 0.6) is 0 Å². The quantitative estimate of drug-likeness (QED) is 0.798. The number of nitrogen functional groups attached to an aromatic ring is 1. The van der Waals surface area contributed by atoms with Crippen LogP contribution in [0.15, 0.2) is 6.33 Å². The van der Waals surface area contributed by atoms with E-state index in [1.165, 1.54) is 6.33 Å². The summed E-state index contributed by atoms with van der Waals surface area (Å²) in [5, 5.41) is 9.97. The SMILES string of the molecule is Nc1ncnc2sc3c(c12)CC[C@H](C(=O)O)C3. The number of carboxylic acids is 1. The maximum atomic E-state index is 11.0. The Bertz CT molecular complexity index is 608. The first kappa shape index (κ1) is 10.5. The Kier molecular flexibility index (Phi) is 2.25. The number of rotatable bonds is 1. The standard InChI is InChI=1S/C11H11N3O2S/c12-9-8-6-2-1-5(11(15)16)3-7(6)17-10(8)14-4-13-9/h4-5H,1-3H2,(H,15,16)(H2,12,13,14)/t5-/m0/s1. The molecule has 1 aliphatic carbocycles. The highest BCUT2D eigenvalue weighted by molar-refractivity contribution is 7.19. The van der Waals surface area contributed by atoms with Gasteiger partial charge in [0.25, 0.3) is 0 Å². The van der Waals surface area contributed by atoms with Crippen LogP contribution in [0.2, 0.25) is 0 Å². The van der Waals surface area contributed by atoms with Gasteiger partial charge in [-0.15, -0.1) is 11.3 Å². The molecule has 0 radical (unpaired) electrons. The van der Waals surface area contributed by atoms with Crippen LogP contribution < -0.4 is 5.73 Å². The van der Waals surface area contributed by atoms with Gasteiger partial charge in [0.1, 0.15) is 17.0 Å². The molecule has 0 amide bonds. The summed E-state index contributed by atoms with van der Waals surface area (Å²) in [6.45, 7) is 0. The number of aromatic nitrogens is 2. The van der Waals surface area contributed by atoms with E-state index in [1.807, 2.05) is 0 Å². The topological polar surface area (TPSA) is 89.1 Å². The van der Waals surface area contributed by atoms with E-state index in [4.69, 9.17) is 10.8 Å². The summed E-state index contributed by atoms with van der Waals surface area (Å²) in [5.74, 6) is -0.488. The Morgan fingerprint density at radius 3 is 3.12 bits per heavy atom. The summed E-state index contributed by atoms with van der Waals surface area (Å²) < 4.78 is 0. The monoisotopic (exact) mass is 249 g/mol. The molecule has 0 aromatic carbocycles. The van der Waals surface area contributed by atoms with Crippen molar-refractivity contribution >= 4 is 33.3 Å². The van der Waals surface area contributed by atoms with Crippen LogP contribution in [0.1, 0.15) is 16.9 Å². The number of nitrogens with zero attached hydrogens (tertiary/aromatic N) is 2. The zero-order valence-electron chi connectivity index (χ0n) is 9.01. The molecule has 17 heavy (non-hydrogen) atoms. The molecule has 2 aromatic rings.